The van der Waals surface area contributed by atoms with Crippen molar-refractivity contribution in [2.24, 2.45) is 0 Å². The highest BCUT2D eigenvalue weighted by molar-refractivity contribution is 5.49. The minimum Gasteiger partial charge on any atom is -0.286 e. The number of nitrogens with one attached hydrogen (secondary N) is 1. The molecule has 1 N–H and O–H groups in total. The standard InChI is InChI=1S/C12H17N5/c1-10-6-5-9-17-11(10)13-12(15-17)14-16-7-3-2-4-8-16/h5-6,9H,2-4,7-8H2,1H3,(H,14,15). The van der Waals surface area contributed by atoms with Crippen LogP contribution in [-0.4, -0.2) is 32.7 Å². The van der Waals surface area contributed by atoms with E-state index in [-0.39, 0.29) is 0 Å². The van der Waals surface area contributed by atoms with Crippen LogP contribution >= 0.6 is 0 Å². The molecule has 5 nitrogen and oxygen atoms in total. The van der Waals surface area contributed by atoms with Gasteiger partial charge in [0.1, 0.15) is 0 Å². The molecule has 2 aromatic rings. The highest BCUT2D eigenvalue weighted by Crippen LogP contribution is 2.13. The summed E-state index contributed by atoms with van der Waals surface area (Å²) in [6.45, 7) is 4.21. The molecule has 0 bridgehead atoms. The van der Waals surface area contributed by atoms with E-state index in [0.29, 0.717) is 5.95 Å². The first-order valence-electron chi connectivity index (χ1n) is 6.16. The number of hydrazine groups is 1. The van der Waals surface area contributed by atoms with Crippen molar-refractivity contribution in [1.82, 2.24) is 19.6 Å². The first kappa shape index (κ1) is 10.5. The molecule has 1 aliphatic heterocycles. The summed E-state index contributed by atoms with van der Waals surface area (Å²) in [5, 5.41) is 6.62. The fourth-order valence-electron chi connectivity index (χ4n) is 2.23. The monoisotopic (exact) mass is 231 g/mol. The Hall–Kier alpha value is -1.62. The van der Waals surface area contributed by atoms with Gasteiger partial charge in [0, 0.05) is 19.3 Å². The molecule has 17 heavy (non-hydrogen) atoms. The van der Waals surface area contributed by atoms with Crippen LogP contribution in [0.4, 0.5) is 5.95 Å². The Balaban J connectivity index is 1.83. The van der Waals surface area contributed by atoms with Gasteiger partial charge in [0.2, 0.25) is 0 Å². The zero-order valence-corrected chi connectivity index (χ0v) is 10.1. The van der Waals surface area contributed by atoms with Gasteiger partial charge in [-0.25, -0.2) is 9.52 Å². The average molecular weight is 231 g/mol. The Labute approximate surface area is 100 Å². The normalized spacial score (nSPS) is 17.5. The molecule has 0 amide bonds. The van der Waals surface area contributed by atoms with Gasteiger partial charge in [0.05, 0.1) is 0 Å². The molecule has 0 spiro atoms. The maximum atomic E-state index is 4.51. The predicted octanol–water partition coefficient (Wildman–Crippen LogP) is 1.85. The van der Waals surface area contributed by atoms with E-state index >= 15 is 0 Å². The molecular formula is C12H17N5. The number of piperidine rings is 1. The number of rotatable bonds is 2. The molecule has 3 heterocycles. The third-order valence-corrected chi connectivity index (χ3v) is 3.17. The Kier molecular flexibility index (Phi) is 2.68. The zero-order valence-electron chi connectivity index (χ0n) is 10.1. The van der Waals surface area contributed by atoms with E-state index in [1.807, 2.05) is 16.8 Å². The number of fused-ring (bicyclic) bond motifs is 1. The summed E-state index contributed by atoms with van der Waals surface area (Å²) in [6, 6.07) is 4.04. The Morgan fingerprint density at radius 1 is 1.24 bits per heavy atom. The number of hydrogen-bond donors (Lipinski definition) is 1. The molecule has 2 aromatic heterocycles. The predicted molar refractivity (Wildman–Crippen MR) is 66.8 cm³/mol. The van der Waals surface area contributed by atoms with Gasteiger partial charge in [-0.2, -0.15) is 4.98 Å². The zero-order chi connectivity index (χ0) is 11.7. The molecule has 0 radical (unpaired) electrons. The maximum absolute atomic E-state index is 4.51. The summed E-state index contributed by atoms with van der Waals surface area (Å²) in [5.74, 6) is 0.696. The maximum Gasteiger partial charge on any atom is 0.257 e. The lowest BCUT2D eigenvalue weighted by Gasteiger charge is -2.25. The highest BCUT2D eigenvalue weighted by Gasteiger charge is 2.12. The summed E-state index contributed by atoms with van der Waals surface area (Å²) in [6.07, 6.45) is 5.76. The number of aryl methyl sites for hydroxylation is 1. The Morgan fingerprint density at radius 3 is 2.82 bits per heavy atom. The summed E-state index contributed by atoms with van der Waals surface area (Å²) < 4.78 is 1.82. The van der Waals surface area contributed by atoms with Crippen molar-refractivity contribution in [2.75, 3.05) is 18.5 Å². The number of aromatic nitrogens is 3. The molecule has 90 valence electrons. The molecule has 0 saturated carbocycles. The molecule has 1 fully saturated rings. The molecule has 5 heteroatoms. The van der Waals surface area contributed by atoms with Crippen LogP contribution in [0.25, 0.3) is 5.65 Å². The van der Waals surface area contributed by atoms with Gasteiger partial charge in [-0.05, 0) is 31.4 Å². The minimum absolute atomic E-state index is 0.696. The molecule has 0 aromatic carbocycles. The van der Waals surface area contributed by atoms with Gasteiger partial charge in [0.15, 0.2) is 5.65 Å². The molecule has 0 aliphatic carbocycles. The lowest BCUT2D eigenvalue weighted by molar-refractivity contribution is 0.271. The quantitative estimate of drug-likeness (QED) is 0.856. The van der Waals surface area contributed by atoms with E-state index in [0.717, 1.165) is 24.3 Å². The second-order valence-corrected chi connectivity index (χ2v) is 4.55. The smallest absolute Gasteiger partial charge is 0.257 e. The lowest BCUT2D eigenvalue weighted by Crippen LogP contribution is -2.35. The summed E-state index contributed by atoms with van der Waals surface area (Å²) in [4.78, 5) is 4.51. The molecule has 0 atom stereocenters. The molecule has 0 unspecified atom stereocenters. The van der Waals surface area contributed by atoms with Gasteiger partial charge in [-0.3, -0.25) is 5.43 Å². The van der Waals surface area contributed by atoms with Crippen LogP contribution < -0.4 is 5.43 Å². The van der Waals surface area contributed by atoms with Crippen LogP contribution in [0.3, 0.4) is 0 Å². The topological polar surface area (TPSA) is 45.5 Å². The van der Waals surface area contributed by atoms with Gasteiger partial charge in [-0.15, -0.1) is 5.10 Å². The van der Waals surface area contributed by atoms with Crippen molar-refractivity contribution in [3.63, 3.8) is 0 Å². The van der Waals surface area contributed by atoms with E-state index in [2.05, 4.69) is 33.5 Å². The third kappa shape index (κ3) is 2.10. The van der Waals surface area contributed by atoms with Gasteiger partial charge < -0.3 is 0 Å². The number of hydrogen-bond acceptors (Lipinski definition) is 4. The highest BCUT2D eigenvalue weighted by atomic mass is 15.6. The molecular weight excluding hydrogens is 214 g/mol. The van der Waals surface area contributed by atoms with E-state index < -0.39 is 0 Å². The van der Waals surface area contributed by atoms with Crippen molar-refractivity contribution in [3.05, 3.63) is 23.9 Å². The number of nitrogens with zero attached hydrogens (tertiary/aromatic N) is 4. The average Bonchev–Trinajstić information content (AvgIpc) is 2.74. The van der Waals surface area contributed by atoms with E-state index in [4.69, 9.17) is 0 Å². The van der Waals surface area contributed by atoms with E-state index in [1.54, 1.807) is 0 Å². The summed E-state index contributed by atoms with van der Waals surface area (Å²) in [5.41, 5.74) is 5.36. The second-order valence-electron chi connectivity index (χ2n) is 4.55. The van der Waals surface area contributed by atoms with Crippen LogP contribution in [-0.2, 0) is 0 Å². The summed E-state index contributed by atoms with van der Waals surface area (Å²) in [7, 11) is 0. The van der Waals surface area contributed by atoms with Crippen LogP contribution in [0.1, 0.15) is 24.8 Å². The lowest BCUT2D eigenvalue weighted by atomic mass is 10.2. The first-order valence-corrected chi connectivity index (χ1v) is 6.16. The van der Waals surface area contributed by atoms with Crippen molar-refractivity contribution in [2.45, 2.75) is 26.2 Å². The Bertz CT molecular complexity index is 513. The van der Waals surface area contributed by atoms with E-state index in [9.17, 15) is 0 Å². The van der Waals surface area contributed by atoms with E-state index in [1.165, 1.54) is 19.3 Å². The fraction of sp³-hybridized carbons (Fsp3) is 0.500. The van der Waals surface area contributed by atoms with Crippen molar-refractivity contribution in [3.8, 4) is 0 Å². The molecule has 3 rings (SSSR count). The van der Waals surface area contributed by atoms with Crippen LogP contribution in [0, 0.1) is 6.92 Å². The fourth-order valence-corrected chi connectivity index (χ4v) is 2.23. The van der Waals surface area contributed by atoms with Gasteiger partial charge >= 0.3 is 0 Å². The molecule has 1 saturated heterocycles. The first-order chi connectivity index (χ1) is 8.33. The van der Waals surface area contributed by atoms with Crippen molar-refractivity contribution < 1.29 is 0 Å². The third-order valence-electron chi connectivity index (χ3n) is 3.17. The number of pyridine rings is 1. The van der Waals surface area contributed by atoms with Gasteiger partial charge in [0.25, 0.3) is 5.95 Å². The SMILES string of the molecule is Cc1cccn2nc(NN3CCCCC3)nc12. The second kappa shape index (κ2) is 4.33. The van der Waals surface area contributed by atoms with Crippen molar-refractivity contribution >= 4 is 11.6 Å². The van der Waals surface area contributed by atoms with Crippen LogP contribution in [0.2, 0.25) is 0 Å². The largest absolute Gasteiger partial charge is 0.286 e. The summed E-state index contributed by atoms with van der Waals surface area (Å²) >= 11 is 0. The minimum atomic E-state index is 0.696. The number of anilines is 1. The van der Waals surface area contributed by atoms with Crippen LogP contribution in [0.15, 0.2) is 18.3 Å². The van der Waals surface area contributed by atoms with Crippen molar-refractivity contribution in [1.29, 1.82) is 0 Å². The molecule has 1 aliphatic rings. The Morgan fingerprint density at radius 2 is 2.06 bits per heavy atom. The van der Waals surface area contributed by atoms with Crippen LogP contribution in [0.5, 0.6) is 0 Å². The van der Waals surface area contributed by atoms with Gasteiger partial charge in [-0.1, -0.05) is 12.5 Å².